The third-order valence-corrected chi connectivity index (χ3v) is 8.50. The summed E-state index contributed by atoms with van der Waals surface area (Å²) < 4.78 is 0. The average molecular weight is 798 g/mol. The maximum Gasteiger partial charge on any atom is 0.0755 e. The fraction of sp³-hybridized carbons (Fsp3) is 0.114. The van der Waals surface area contributed by atoms with Crippen LogP contribution >= 0.6 is 0 Å². The summed E-state index contributed by atoms with van der Waals surface area (Å²) in [6.45, 7) is 8.61. The molecule has 0 aliphatic heterocycles. The number of aromatic nitrogens is 3. The van der Waals surface area contributed by atoms with Gasteiger partial charge in [0, 0.05) is 37.9 Å². The van der Waals surface area contributed by atoms with Gasteiger partial charge in [0.1, 0.15) is 0 Å². The van der Waals surface area contributed by atoms with E-state index in [9.17, 15) is 0 Å². The minimum atomic E-state index is 0. The molecule has 8 aromatic rings. The number of hydrogen-bond donors (Lipinski definition) is 0. The number of fused-ring (bicyclic) bond motifs is 4. The van der Waals surface area contributed by atoms with Crippen LogP contribution < -0.4 is 0 Å². The summed E-state index contributed by atoms with van der Waals surface area (Å²) in [7, 11) is 0. The molecule has 0 aliphatic carbocycles. The molecule has 4 heteroatoms. The molecule has 2 aromatic heterocycles. The second kappa shape index (κ2) is 14.4. The molecule has 0 spiro atoms. The van der Waals surface area contributed by atoms with Crippen LogP contribution in [0.4, 0.5) is 0 Å². The van der Waals surface area contributed by atoms with Crippen molar-refractivity contribution in [3.8, 4) is 33.8 Å². The number of hydrogen-bond acceptors (Lipinski definition) is 3. The van der Waals surface area contributed by atoms with Crippen LogP contribution in [0, 0.1) is 26.0 Å². The van der Waals surface area contributed by atoms with Gasteiger partial charge in [-0.05, 0) is 55.9 Å². The summed E-state index contributed by atoms with van der Waals surface area (Å²) in [6.07, 6.45) is 3.86. The van der Waals surface area contributed by atoms with Crippen molar-refractivity contribution >= 4 is 32.4 Å². The summed E-state index contributed by atoms with van der Waals surface area (Å²) in [5.74, 6) is 1.23. The zero-order valence-electron chi connectivity index (χ0n) is 27.5. The van der Waals surface area contributed by atoms with Crippen molar-refractivity contribution in [2.45, 2.75) is 33.6 Å². The number of rotatable bonds is 4. The van der Waals surface area contributed by atoms with Gasteiger partial charge < -0.3 is 4.98 Å². The predicted molar refractivity (Wildman–Crippen MR) is 196 cm³/mol. The number of aryl methyl sites for hydroxylation is 2. The van der Waals surface area contributed by atoms with Gasteiger partial charge in [0.15, 0.2) is 0 Å². The van der Waals surface area contributed by atoms with Crippen LogP contribution in [0.1, 0.15) is 36.5 Å². The van der Waals surface area contributed by atoms with E-state index in [1.54, 1.807) is 0 Å². The smallest absolute Gasteiger partial charge is 0.0755 e. The Bertz CT molecular complexity index is 2330. The molecular weight excluding hydrogens is 763 g/mol. The number of pyridine rings is 1. The molecule has 2 heterocycles. The van der Waals surface area contributed by atoms with E-state index in [0.717, 1.165) is 33.3 Å². The molecule has 0 fully saturated rings. The summed E-state index contributed by atoms with van der Waals surface area (Å²) >= 11 is 0. The van der Waals surface area contributed by atoms with Gasteiger partial charge in [-0.1, -0.05) is 107 Å². The van der Waals surface area contributed by atoms with E-state index in [0.29, 0.717) is 11.7 Å². The van der Waals surface area contributed by atoms with Gasteiger partial charge in [0.2, 0.25) is 0 Å². The molecule has 237 valence electrons. The Hall–Kier alpha value is -5.02. The molecule has 0 unspecified atom stereocenters. The zero-order valence-corrected chi connectivity index (χ0v) is 29.8. The van der Waals surface area contributed by atoms with E-state index in [1.165, 1.54) is 43.8 Å². The van der Waals surface area contributed by atoms with Crippen molar-refractivity contribution in [3.05, 3.63) is 163 Å². The van der Waals surface area contributed by atoms with Crippen molar-refractivity contribution in [1.29, 1.82) is 0 Å². The van der Waals surface area contributed by atoms with Gasteiger partial charge in [-0.25, -0.2) is 0 Å². The van der Waals surface area contributed by atoms with Crippen LogP contribution in [-0.2, 0) is 20.1 Å². The predicted octanol–water partition coefficient (Wildman–Crippen LogP) is 11.4. The molecule has 0 N–H and O–H groups in total. The van der Waals surface area contributed by atoms with Crippen LogP contribution in [0.25, 0.3) is 66.2 Å². The van der Waals surface area contributed by atoms with Crippen LogP contribution in [-0.4, -0.2) is 15.0 Å². The monoisotopic (exact) mass is 798 g/mol. The van der Waals surface area contributed by atoms with E-state index < -0.39 is 0 Å². The number of nitrogens with zero attached hydrogens (tertiary/aromatic N) is 3. The van der Waals surface area contributed by atoms with Crippen molar-refractivity contribution < 1.29 is 20.1 Å². The Morgan fingerprint density at radius 3 is 2.08 bits per heavy atom. The molecule has 0 bridgehead atoms. The SMILES string of the molecule is CC(C)c1ccc(-c2cc3nc(-c4[c-]cccc4)ncc3c3ccccc23)cc1.Cc1[c-]c(-c2cc3ccccc3cn2)cc(C)c1.[Ir]. The summed E-state index contributed by atoms with van der Waals surface area (Å²) in [6, 6.07) is 48.7. The Balaban J connectivity index is 0.000000182. The van der Waals surface area contributed by atoms with Crippen molar-refractivity contribution in [1.82, 2.24) is 15.0 Å². The van der Waals surface area contributed by atoms with Crippen LogP contribution in [0.5, 0.6) is 0 Å². The fourth-order valence-corrected chi connectivity index (χ4v) is 6.09. The molecule has 0 amide bonds. The zero-order chi connectivity index (χ0) is 32.3. The summed E-state index contributed by atoms with van der Waals surface area (Å²) in [4.78, 5) is 14.0. The first-order chi connectivity index (χ1) is 22.9. The van der Waals surface area contributed by atoms with Gasteiger partial charge >= 0.3 is 0 Å². The Kier molecular flexibility index (Phi) is 9.87. The Labute approximate surface area is 296 Å². The van der Waals surface area contributed by atoms with Crippen LogP contribution in [0.3, 0.4) is 0 Å². The Morgan fingerprint density at radius 2 is 1.35 bits per heavy atom. The standard InChI is InChI=1S/C27H21N2.C17H14N.Ir/c1-18(2)19-12-14-20(15-13-19)24-16-26-25(23-11-7-6-10-22(23)24)17-28-27(29-26)21-8-4-3-5-9-21;1-12-7-13(2)9-16(8-12)17-10-14-5-3-4-6-15(14)11-18-17;/h3-8,10-18H,1-2H3;3-8,10-11H,1-2H3;/q2*-1;. The number of benzene rings is 6. The first kappa shape index (κ1) is 32.9. The molecule has 0 atom stereocenters. The first-order valence-corrected chi connectivity index (χ1v) is 16.0. The van der Waals surface area contributed by atoms with Crippen molar-refractivity contribution in [2.24, 2.45) is 0 Å². The summed E-state index contributed by atoms with van der Waals surface area (Å²) in [5, 5.41) is 5.86. The topological polar surface area (TPSA) is 38.7 Å². The fourth-order valence-electron chi connectivity index (χ4n) is 6.09. The molecule has 0 saturated carbocycles. The Morgan fingerprint density at radius 1 is 0.625 bits per heavy atom. The molecular formula is C44H35IrN3-2. The van der Waals surface area contributed by atoms with E-state index in [1.807, 2.05) is 42.7 Å². The van der Waals surface area contributed by atoms with Gasteiger partial charge in [-0.2, -0.15) is 0 Å². The third kappa shape index (κ3) is 6.96. The minimum absolute atomic E-state index is 0. The second-order valence-corrected chi connectivity index (χ2v) is 12.3. The van der Waals surface area contributed by atoms with Gasteiger partial charge in [-0.15, -0.1) is 70.8 Å². The van der Waals surface area contributed by atoms with Gasteiger partial charge in [0.25, 0.3) is 0 Å². The normalized spacial score (nSPS) is 10.9. The van der Waals surface area contributed by atoms with Crippen LogP contribution in [0.2, 0.25) is 0 Å². The molecule has 3 nitrogen and oxygen atoms in total. The molecule has 1 radical (unpaired) electrons. The quantitative estimate of drug-likeness (QED) is 0.132. The van der Waals surface area contributed by atoms with E-state index in [2.05, 4.69) is 141 Å². The van der Waals surface area contributed by atoms with E-state index in [4.69, 9.17) is 4.98 Å². The van der Waals surface area contributed by atoms with Gasteiger partial charge in [0.05, 0.1) is 11.3 Å². The maximum atomic E-state index is 4.89. The average Bonchev–Trinajstić information content (AvgIpc) is 3.11. The van der Waals surface area contributed by atoms with Gasteiger partial charge in [-0.3, -0.25) is 9.97 Å². The van der Waals surface area contributed by atoms with Crippen LogP contribution in [0.15, 0.2) is 134 Å². The summed E-state index contributed by atoms with van der Waals surface area (Å²) in [5.41, 5.74) is 10.1. The minimum Gasteiger partial charge on any atom is -0.304 e. The second-order valence-electron chi connectivity index (χ2n) is 12.3. The largest absolute Gasteiger partial charge is 0.304 e. The molecule has 0 aliphatic rings. The van der Waals surface area contributed by atoms with E-state index >= 15 is 0 Å². The third-order valence-electron chi connectivity index (χ3n) is 8.50. The van der Waals surface area contributed by atoms with E-state index in [-0.39, 0.29) is 20.1 Å². The molecule has 48 heavy (non-hydrogen) atoms. The molecule has 0 saturated heterocycles. The van der Waals surface area contributed by atoms with Crippen molar-refractivity contribution in [2.75, 3.05) is 0 Å². The molecule has 8 rings (SSSR count). The maximum absolute atomic E-state index is 4.89. The van der Waals surface area contributed by atoms with Crippen molar-refractivity contribution in [3.63, 3.8) is 0 Å². The molecule has 6 aromatic carbocycles. The first-order valence-electron chi connectivity index (χ1n) is 16.0.